The van der Waals surface area contributed by atoms with Gasteiger partial charge in [0.1, 0.15) is 0 Å². The van der Waals surface area contributed by atoms with Gasteiger partial charge in [0.15, 0.2) is 0 Å². The highest BCUT2D eigenvalue weighted by Crippen LogP contribution is 2.29. The van der Waals surface area contributed by atoms with E-state index in [0.29, 0.717) is 0 Å². The van der Waals surface area contributed by atoms with Gasteiger partial charge in [0.25, 0.3) is 0 Å². The number of hydrogen-bond donors (Lipinski definition) is 0. The Hall–Kier alpha value is -1.99. The third-order valence-corrected chi connectivity index (χ3v) is 6.86. The molecule has 1 saturated heterocycles. The van der Waals surface area contributed by atoms with E-state index < -0.39 is 9.84 Å². The summed E-state index contributed by atoms with van der Waals surface area (Å²) in [7, 11) is -3.57. The van der Waals surface area contributed by atoms with E-state index in [1.807, 2.05) is 12.1 Å². The fourth-order valence-electron chi connectivity index (χ4n) is 3.55. The van der Waals surface area contributed by atoms with Crippen LogP contribution in [0.2, 0.25) is 0 Å². The minimum absolute atomic E-state index is 0. The van der Waals surface area contributed by atoms with E-state index >= 15 is 0 Å². The molecular weight excluding hydrogens is 396 g/mol. The molecule has 0 spiro atoms. The molecule has 1 fully saturated rings. The predicted octanol–water partition coefficient (Wildman–Crippen LogP) is 3.88. The molecule has 2 heterocycles. The van der Waals surface area contributed by atoms with Crippen LogP contribution in [-0.4, -0.2) is 44.6 Å². The molecular formula is C21H23ClN2O3S. The average Bonchev–Trinajstić information content (AvgIpc) is 2.73. The molecule has 148 valence electrons. The summed E-state index contributed by atoms with van der Waals surface area (Å²) in [5, 5.41) is 0.838. The summed E-state index contributed by atoms with van der Waals surface area (Å²) < 4.78 is 31.2. The van der Waals surface area contributed by atoms with Gasteiger partial charge in [-0.15, -0.1) is 12.4 Å². The van der Waals surface area contributed by atoms with E-state index in [2.05, 4.69) is 22.9 Å². The van der Waals surface area contributed by atoms with Gasteiger partial charge in [-0.05, 0) is 30.7 Å². The topological polar surface area (TPSA) is 59.5 Å². The van der Waals surface area contributed by atoms with E-state index in [0.717, 1.165) is 42.8 Å². The Morgan fingerprint density at radius 3 is 2.43 bits per heavy atom. The van der Waals surface area contributed by atoms with Crippen molar-refractivity contribution in [2.75, 3.05) is 26.3 Å². The van der Waals surface area contributed by atoms with Gasteiger partial charge in [0, 0.05) is 30.7 Å². The molecule has 0 amide bonds. The van der Waals surface area contributed by atoms with Crippen molar-refractivity contribution in [3.8, 4) is 0 Å². The molecule has 0 aliphatic carbocycles. The molecule has 0 N–H and O–H groups in total. The van der Waals surface area contributed by atoms with E-state index in [1.165, 1.54) is 6.20 Å². The van der Waals surface area contributed by atoms with Crippen molar-refractivity contribution in [3.05, 3.63) is 66.4 Å². The standard InChI is InChI=1S/C21H22N2O3S.ClH/c1-16(23-10-12-26-13-11-23)20-9-5-6-17-14-19(15-22-21(17)20)27(24,25)18-7-3-2-4-8-18;/h2-9,14-16H,10-13H2,1H3;1H. The lowest BCUT2D eigenvalue weighted by Crippen LogP contribution is -2.38. The van der Waals surface area contributed by atoms with E-state index in [1.54, 1.807) is 36.4 Å². The molecule has 1 aliphatic rings. The summed E-state index contributed by atoms with van der Waals surface area (Å²) in [5.74, 6) is 0. The second-order valence-electron chi connectivity index (χ2n) is 6.73. The fourth-order valence-corrected chi connectivity index (χ4v) is 4.81. The highest BCUT2D eigenvalue weighted by Gasteiger charge is 2.22. The van der Waals surface area contributed by atoms with Gasteiger partial charge in [-0.2, -0.15) is 0 Å². The van der Waals surface area contributed by atoms with E-state index in [9.17, 15) is 8.42 Å². The number of para-hydroxylation sites is 1. The summed E-state index contributed by atoms with van der Waals surface area (Å²) in [6.45, 7) is 5.41. The second kappa shape index (κ2) is 8.57. The van der Waals surface area contributed by atoms with Crippen LogP contribution in [-0.2, 0) is 14.6 Å². The van der Waals surface area contributed by atoms with Gasteiger partial charge in [0.05, 0.1) is 28.5 Å². The van der Waals surface area contributed by atoms with Gasteiger partial charge in [-0.25, -0.2) is 8.42 Å². The summed E-state index contributed by atoms with van der Waals surface area (Å²) >= 11 is 0. The maximum absolute atomic E-state index is 12.9. The molecule has 2 aromatic carbocycles. The van der Waals surface area contributed by atoms with Crippen LogP contribution in [0.25, 0.3) is 10.9 Å². The number of halogens is 1. The lowest BCUT2D eigenvalue weighted by atomic mass is 10.0. The maximum atomic E-state index is 12.9. The van der Waals surface area contributed by atoms with Crippen molar-refractivity contribution in [2.24, 2.45) is 0 Å². The van der Waals surface area contributed by atoms with Gasteiger partial charge < -0.3 is 4.74 Å². The van der Waals surface area contributed by atoms with Crippen LogP contribution < -0.4 is 0 Å². The van der Waals surface area contributed by atoms with Gasteiger partial charge >= 0.3 is 0 Å². The molecule has 1 aromatic heterocycles. The first-order valence-electron chi connectivity index (χ1n) is 9.08. The zero-order chi connectivity index (χ0) is 18.9. The summed E-state index contributed by atoms with van der Waals surface area (Å²) in [5.41, 5.74) is 1.96. The molecule has 0 radical (unpaired) electrons. The molecule has 5 nitrogen and oxygen atoms in total. The third kappa shape index (κ3) is 3.91. The highest BCUT2D eigenvalue weighted by molar-refractivity contribution is 7.91. The number of ether oxygens (including phenoxy) is 1. The number of fused-ring (bicyclic) bond motifs is 1. The molecule has 28 heavy (non-hydrogen) atoms. The maximum Gasteiger partial charge on any atom is 0.208 e. The lowest BCUT2D eigenvalue weighted by Gasteiger charge is -2.32. The molecule has 0 bridgehead atoms. The lowest BCUT2D eigenvalue weighted by molar-refractivity contribution is 0.0201. The van der Waals surface area contributed by atoms with E-state index in [4.69, 9.17) is 4.74 Å². The number of sulfone groups is 1. The molecule has 1 atom stereocenters. The van der Waals surface area contributed by atoms with Crippen LogP contribution in [0.15, 0.2) is 70.6 Å². The zero-order valence-electron chi connectivity index (χ0n) is 15.6. The zero-order valence-corrected chi connectivity index (χ0v) is 17.2. The second-order valence-corrected chi connectivity index (χ2v) is 8.68. The molecule has 1 unspecified atom stereocenters. The largest absolute Gasteiger partial charge is 0.379 e. The van der Waals surface area contributed by atoms with Crippen LogP contribution in [0, 0.1) is 0 Å². The number of hydrogen-bond acceptors (Lipinski definition) is 5. The van der Waals surface area contributed by atoms with Crippen LogP contribution in [0.5, 0.6) is 0 Å². The van der Waals surface area contributed by atoms with Crippen molar-refractivity contribution in [3.63, 3.8) is 0 Å². The molecule has 7 heteroatoms. The Kier molecular flexibility index (Phi) is 6.35. The number of nitrogens with zero attached hydrogens (tertiary/aromatic N) is 2. The molecule has 1 aliphatic heterocycles. The Balaban J connectivity index is 0.00000225. The summed E-state index contributed by atoms with van der Waals surface area (Å²) in [6, 6.07) is 16.3. The van der Waals surface area contributed by atoms with Gasteiger partial charge in [0.2, 0.25) is 9.84 Å². The van der Waals surface area contributed by atoms with Crippen molar-refractivity contribution >= 4 is 33.1 Å². The summed E-state index contributed by atoms with van der Waals surface area (Å²) in [4.78, 5) is 7.42. The minimum Gasteiger partial charge on any atom is -0.379 e. The first-order valence-corrected chi connectivity index (χ1v) is 10.6. The van der Waals surface area contributed by atoms with Crippen molar-refractivity contribution in [1.29, 1.82) is 0 Å². The molecule has 0 saturated carbocycles. The molecule has 3 aromatic rings. The van der Waals surface area contributed by atoms with E-state index in [-0.39, 0.29) is 28.2 Å². The number of aromatic nitrogens is 1. The van der Waals surface area contributed by atoms with Crippen LogP contribution >= 0.6 is 12.4 Å². The minimum atomic E-state index is -3.57. The SMILES string of the molecule is CC(c1cccc2cc(S(=O)(=O)c3ccccc3)cnc12)N1CCOCC1.Cl. The van der Waals surface area contributed by atoms with Crippen LogP contribution in [0.4, 0.5) is 0 Å². The number of rotatable bonds is 4. The normalized spacial score (nSPS) is 16.5. The molecule has 4 rings (SSSR count). The van der Waals surface area contributed by atoms with Crippen LogP contribution in [0.1, 0.15) is 18.5 Å². The third-order valence-electron chi connectivity index (χ3n) is 5.12. The fraction of sp³-hybridized carbons (Fsp3) is 0.286. The van der Waals surface area contributed by atoms with Crippen molar-refractivity contribution in [2.45, 2.75) is 22.8 Å². The van der Waals surface area contributed by atoms with Gasteiger partial charge in [-0.1, -0.05) is 36.4 Å². The smallest absolute Gasteiger partial charge is 0.208 e. The number of benzene rings is 2. The monoisotopic (exact) mass is 418 g/mol. The Labute approximate surface area is 171 Å². The quantitative estimate of drug-likeness (QED) is 0.643. The predicted molar refractivity (Wildman–Crippen MR) is 112 cm³/mol. The average molecular weight is 419 g/mol. The first kappa shape index (κ1) is 20.7. The Morgan fingerprint density at radius 1 is 1.00 bits per heavy atom. The van der Waals surface area contributed by atoms with Gasteiger partial charge in [-0.3, -0.25) is 9.88 Å². The Bertz CT molecular complexity index is 1050. The Morgan fingerprint density at radius 2 is 1.71 bits per heavy atom. The number of pyridine rings is 1. The van der Waals surface area contributed by atoms with Crippen molar-refractivity contribution in [1.82, 2.24) is 9.88 Å². The van der Waals surface area contributed by atoms with Crippen LogP contribution in [0.3, 0.4) is 0 Å². The number of morpholine rings is 1. The first-order chi connectivity index (χ1) is 13.1. The summed E-state index contributed by atoms with van der Waals surface area (Å²) in [6.07, 6.45) is 1.47. The highest BCUT2D eigenvalue weighted by atomic mass is 35.5. The van der Waals surface area contributed by atoms with Crippen molar-refractivity contribution < 1.29 is 13.2 Å².